The lowest BCUT2D eigenvalue weighted by molar-refractivity contribution is -0.143. The van der Waals surface area contributed by atoms with E-state index in [0.717, 1.165) is 89.2 Å². The molecule has 1 aromatic rings. The van der Waals surface area contributed by atoms with Crippen LogP contribution >= 0.6 is 11.3 Å². The van der Waals surface area contributed by atoms with E-state index in [1.54, 1.807) is 11.3 Å². The Hall–Kier alpha value is -1.51. The van der Waals surface area contributed by atoms with E-state index in [0.29, 0.717) is 18.9 Å². The lowest BCUT2D eigenvalue weighted by atomic mass is 9.73. The summed E-state index contributed by atoms with van der Waals surface area (Å²) in [7, 11) is 0. The molecule has 1 N–H and O–H groups in total. The molecule has 34 heavy (non-hydrogen) atoms. The standard InChI is InChI=1S/C26H42N4O3S/c1-20(2)17-22-24(31)30-12-6-7-21(30)19-33-15-5-3-4-8-26(25(32)28-22)9-13-29(14-10-26)18-23-27-11-16-34-23/h11,16,20-22H,3-10,12-15,17-19H2,1-2H3,(H,28,32)/t21-,22-/m0/s1. The molecule has 0 unspecified atom stereocenters. The lowest BCUT2D eigenvalue weighted by Crippen LogP contribution is -2.56. The molecule has 3 aliphatic rings. The Morgan fingerprint density at radius 2 is 1.97 bits per heavy atom. The fourth-order valence-corrected chi connectivity index (χ4v) is 6.48. The molecule has 8 heteroatoms. The van der Waals surface area contributed by atoms with Crippen molar-refractivity contribution < 1.29 is 14.3 Å². The number of nitrogens with zero attached hydrogens (tertiary/aromatic N) is 3. The first kappa shape index (κ1) is 25.6. The van der Waals surface area contributed by atoms with E-state index in [1.807, 2.05) is 16.5 Å². The highest BCUT2D eigenvalue weighted by atomic mass is 32.1. The second kappa shape index (κ2) is 12.0. The second-order valence-electron chi connectivity index (χ2n) is 10.9. The van der Waals surface area contributed by atoms with Crippen molar-refractivity contribution in [1.82, 2.24) is 20.1 Å². The molecule has 190 valence electrons. The zero-order valence-electron chi connectivity index (χ0n) is 21.0. The summed E-state index contributed by atoms with van der Waals surface area (Å²) < 4.78 is 5.99. The monoisotopic (exact) mass is 490 g/mol. The normalized spacial score (nSPS) is 27.6. The summed E-state index contributed by atoms with van der Waals surface area (Å²) in [6, 6.07) is -0.300. The van der Waals surface area contributed by atoms with E-state index in [2.05, 4.69) is 29.0 Å². The fraction of sp³-hybridized carbons (Fsp3) is 0.808. The molecule has 3 fully saturated rings. The van der Waals surface area contributed by atoms with E-state index >= 15 is 0 Å². The third kappa shape index (κ3) is 6.38. The van der Waals surface area contributed by atoms with Crippen LogP contribution in [0, 0.1) is 11.3 Å². The molecule has 3 aliphatic heterocycles. The van der Waals surface area contributed by atoms with Crippen LogP contribution in [0.4, 0.5) is 0 Å². The Labute approximate surface area is 208 Å². The number of likely N-dealkylation sites (tertiary alicyclic amines) is 1. The van der Waals surface area contributed by atoms with Crippen LogP contribution in [0.15, 0.2) is 11.6 Å². The Morgan fingerprint density at radius 1 is 1.15 bits per heavy atom. The minimum atomic E-state index is -0.443. The minimum absolute atomic E-state index is 0.0848. The molecule has 0 saturated carbocycles. The van der Waals surface area contributed by atoms with Crippen LogP contribution < -0.4 is 5.32 Å². The number of piperidine rings is 1. The summed E-state index contributed by atoms with van der Waals surface area (Å²) in [4.78, 5) is 36.3. The first-order valence-electron chi connectivity index (χ1n) is 13.3. The number of hydrogen-bond acceptors (Lipinski definition) is 6. The maximum absolute atomic E-state index is 13.9. The molecule has 2 amide bonds. The van der Waals surface area contributed by atoms with Crippen LogP contribution in [0.1, 0.15) is 76.6 Å². The molecule has 4 heterocycles. The fourth-order valence-electron chi connectivity index (χ4n) is 5.82. The van der Waals surface area contributed by atoms with Crippen LogP contribution in [0.5, 0.6) is 0 Å². The first-order valence-corrected chi connectivity index (χ1v) is 14.1. The zero-order chi connectivity index (χ0) is 24.0. The number of ether oxygens (including phenoxy) is 1. The van der Waals surface area contributed by atoms with E-state index in [1.165, 1.54) is 0 Å². The summed E-state index contributed by atoms with van der Waals surface area (Å²) in [5.74, 6) is 0.521. The summed E-state index contributed by atoms with van der Waals surface area (Å²) >= 11 is 1.69. The number of amides is 2. The van der Waals surface area contributed by atoms with Gasteiger partial charge >= 0.3 is 0 Å². The quantitative estimate of drug-likeness (QED) is 0.694. The van der Waals surface area contributed by atoms with Crippen molar-refractivity contribution in [2.75, 3.05) is 32.8 Å². The van der Waals surface area contributed by atoms with Crippen LogP contribution in [-0.4, -0.2) is 71.5 Å². The molecule has 0 aliphatic carbocycles. The third-order valence-electron chi connectivity index (χ3n) is 7.86. The molecule has 0 aromatic carbocycles. The SMILES string of the molecule is CC(C)C[C@@H]1NC(=O)C2(CCCCCOC[C@@H]3CCCN3C1=O)CCN(Cc1nccs1)CC2. The number of fused-ring (bicyclic) bond motifs is 1. The molecular weight excluding hydrogens is 448 g/mol. The van der Waals surface area contributed by atoms with Gasteiger partial charge in [0.1, 0.15) is 11.0 Å². The Bertz CT molecular complexity index is 792. The van der Waals surface area contributed by atoms with E-state index < -0.39 is 6.04 Å². The maximum Gasteiger partial charge on any atom is 0.245 e. The van der Waals surface area contributed by atoms with Crippen LogP contribution in [0.3, 0.4) is 0 Å². The van der Waals surface area contributed by atoms with Crippen molar-refractivity contribution in [2.24, 2.45) is 11.3 Å². The predicted molar refractivity (Wildman–Crippen MR) is 134 cm³/mol. The first-order chi connectivity index (χ1) is 16.5. The minimum Gasteiger partial charge on any atom is -0.379 e. The van der Waals surface area contributed by atoms with Crippen LogP contribution in [0.2, 0.25) is 0 Å². The van der Waals surface area contributed by atoms with Gasteiger partial charge in [-0.25, -0.2) is 4.98 Å². The largest absolute Gasteiger partial charge is 0.379 e. The van der Waals surface area contributed by atoms with Gasteiger partial charge in [-0.05, 0) is 64.0 Å². The van der Waals surface area contributed by atoms with Gasteiger partial charge in [0.2, 0.25) is 11.8 Å². The average Bonchev–Trinajstić information content (AvgIpc) is 3.50. The molecule has 3 saturated heterocycles. The Morgan fingerprint density at radius 3 is 2.71 bits per heavy atom. The number of nitrogens with one attached hydrogen (secondary N) is 1. The van der Waals surface area contributed by atoms with Gasteiger partial charge in [0.15, 0.2) is 0 Å². The van der Waals surface area contributed by atoms with Crippen molar-refractivity contribution in [2.45, 2.75) is 90.3 Å². The van der Waals surface area contributed by atoms with E-state index in [-0.39, 0.29) is 23.3 Å². The van der Waals surface area contributed by atoms with Crippen molar-refractivity contribution in [3.8, 4) is 0 Å². The molecule has 2 atom stereocenters. The van der Waals surface area contributed by atoms with Gasteiger partial charge in [-0.15, -0.1) is 11.3 Å². The van der Waals surface area contributed by atoms with Gasteiger partial charge < -0.3 is 15.0 Å². The number of hydrogen-bond donors (Lipinski definition) is 1. The van der Waals surface area contributed by atoms with Gasteiger partial charge in [-0.2, -0.15) is 0 Å². The summed E-state index contributed by atoms with van der Waals surface area (Å²) in [5, 5.41) is 6.44. The van der Waals surface area contributed by atoms with E-state index in [4.69, 9.17) is 4.74 Å². The van der Waals surface area contributed by atoms with Gasteiger partial charge in [-0.3, -0.25) is 14.5 Å². The average molecular weight is 491 g/mol. The van der Waals surface area contributed by atoms with Crippen LogP contribution in [0.25, 0.3) is 0 Å². The molecule has 1 spiro atoms. The van der Waals surface area contributed by atoms with Gasteiger partial charge in [-0.1, -0.05) is 26.7 Å². The Kier molecular flexibility index (Phi) is 8.99. The summed E-state index contributed by atoms with van der Waals surface area (Å²) in [5.41, 5.74) is -0.385. The predicted octanol–water partition coefficient (Wildman–Crippen LogP) is 3.84. The zero-order valence-corrected chi connectivity index (χ0v) is 21.8. The lowest BCUT2D eigenvalue weighted by Gasteiger charge is -2.42. The van der Waals surface area contributed by atoms with Crippen molar-refractivity contribution in [1.29, 1.82) is 0 Å². The number of thiazole rings is 1. The Balaban J connectivity index is 1.49. The van der Waals surface area contributed by atoms with Gasteiger partial charge in [0.25, 0.3) is 0 Å². The number of carbonyl (C=O) groups is 2. The molecule has 0 radical (unpaired) electrons. The van der Waals surface area contributed by atoms with E-state index in [9.17, 15) is 9.59 Å². The topological polar surface area (TPSA) is 74.8 Å². The summed E-state index contributed by atoms with van der Waals surface area (Å²) in [6.07, 6.45) is 10.3. The summed E-state index contributed by atoms with van der Waals surface area (Å²) in [6.45, 7) is 9.04. The number of aromatic nitrogens is 1. The van der Waals surface area contributed by atoms with Crippen molar-refractivity contribution in [3.05, 3.63) is 16.6 Å². The molecule has 4 rings (SSSR count). The maximum atomic E-state index is 13.9. The van der Waals surface area contributed by atoms with Crippen LogP contribution in [-0.2, 0) is 20.9 Å². The van der Waals surface area contributed by atoms with Gasteiger partial charge in [0, 0.05) is 24.7 Å². The smallest absolute Gasteiger partial charge is 0.245 e. The second-order valence-corrected chi connectivity index (χ2v) is 11.8. The molecule has 7 nitrogen and oxygen atoms in total. The van der Waals surface area contributed by atoms with Crippen molar-refractivity contribution in [3.63, 3.8) is 0 Å². The highest BCUT2D eigenvalue weighted by Gasteiger charge is 2.43. The molecular formula is C26H42N4O3S. The van der Waals surface area contributed by atoms with Crippen molar-refractivity contribution >= 4 is 23.2 Å². The molecule has 0 bridgehead atoms. The number of carbonyl (C=O) groups excluding carboxylic acids is 2. The number of rotatable bonds is 4. The van der Waals surface area contributed by atoms with Gasteiger partial charge in [0.05, 0.1) is 24.6 Å². The highest BCUT2D eigenvalue weighted by Crippen LogP contribution is 2.38. The third-order valence-corrected chi connectivity index (χ3v) is 8.63. The highest BCUT2D eigenvalue weighted by molar-refractivity contribution is 7.09. The molecule has 1 aromatic heterocycles.